The van der Waals surface area contributed by atoms with E-state index >= 15 is 0 Å². The first-order valence-corrected chi connectivity index (χ1v) is 3.29. The Hall–Kier alpha value is -0.822. The summed E-state index contributed by atoms with van der Waals surface area (Å²) in [7, 11) is 0. The Morgan fingerprint density at radius 3 is 2.77 bits per heavy atom. The summed E-state index contributed by atoms with van der Waals surface area (Å²) in [5.74, 6) is 0.741. The van der Waals surface area contributed by atoms with Gasteiger partial charge in [-0.2, -0.15) is 6.20 Å². The van der Waals surface area contributed by atoms with Crippen LogP contribution in [0, 0.1) is 14.4 Å². The fraction of sp³-hybridized carbons (Fsp3) is 0.111. The number of aryl methyl sites for hydroxylation is 1. The van der Waals surface area contributed by atoms with Crippen molar-refractivity contribution in [2.75, 3.05) is 0 Å². The van der Waals surface area contributed by atoms with Crippen LogP contribution in [0.2, 0.25) is 0 Å². The van der Waals surface area contributed by atoms with E-state index < -0.39 is 0 Å². The molecule has 0 bridgehead atoms. The fourth-order valence-corrected chi connectivity index (χ4v) is 1.07. The van der Waals surface area contributed by atoms with Crippen LogP contribution in [0.3, 0.4) is 0 Å². The normalized spacial score (nSPS) is 9.00. The smallest absolute Gasteiger partial charge is 0.629 e. The molecule has 0 radical (unpaired) electrons. The Morgan fingerprint density at radius 2 is 2.15 bits per heavy atom. The third-order valence-electron chi connectivity index (χ3n) is 1.53. The molecule has 2 aromatic heterocycles. The zero-order valence-corrected chi connectivity index (χ0v) is 10.3. The molecule has 0 aliphatic carbocycles. The van der Waals surface area contributed by atoms with Crippen molar-refractivity contribution in [3.05, 3.63) is 41.9 Å². The number of hydrogen-bond acceptors (Lipinski definition) is 2. The van der Waals surface area contributed by atoms with Gasteiger partial charge in [-0.3, -0.25) is 0 Å². The third kappa shape index (κ3) is 2.10. The molecule has 3 nitrogen and oxygen atoms in total. The SMILES string of the molecule is Cc1cc2c(=O)[n-]ccc2o1.[CH3-].[W+2]. The summed E-state index contributed by atoms with van der Waals surface area (Å²) in [6.45, 7) is 1.80. The molecule has 68 valence electrons. The summed E-state index contributed by atoms with van der Waals surface area (Å²) in [6.07, 6.45) is 1.45. The van der Waals surface area contributed by atoms with Gasteiger partial charge in [-0.1, -0.05) is 0 Å². The van der Waals surface area contributed by atoms with E-state index in [1.54, 1.807) is 19.1 Å². The minimum atomic E-state index is -0.223. The van der Waals surface area contributed by atoms with Gasteiger partial charge >= 0.3 is 21.1 Å². The Morgan fingerprint density at radius 1 is 1.46 bits per heavy atom. The average molecular weight is 347 g/mol. The first-order chi connectivity index (χ1) is 5.27. The molecule has 0 saturated carbocycles. The molecule has 0 N–H and O–H groups in total. The predicted octanol–water partition coefficient (Wildman–Crippen LogP) is 1.51. The molecule has 0 atom stereocenters. The van der Waals surface area contributed by atoms with Gasteiger partial charge in [0, 0.05) is 5.39 Å². The van der Waals surface area contributed by atoms with Crippen LogP contribution in [0.15, 0.2) is 27.5 Å². The molecule has 4 heteroatoms. The van der Waals surface area contributed by atoms with E-state index in [-0.39, 0.29) is 34.1 Å². The molecule has 0 unspecified atom stereocenters. The van der Waals surface area contributed by atoms with Gasteiger partial charge < -0.3 is 21.6 Å². The van der Waals surface area contributed by atoms with Gasteiger partial charge in [0.1, 0.15) is 11.3 Å². The molecule has 0 spiro atoms. The molecular weight excluding hydrogens is 338 g/mol. The van der Waals surface area contributed by atoms with Crippen molar-refractivity contribution in [1.29, 1.82) is 0 Å². The second-order valence-electron chi connectivity index (χ2n) is 2.38. The number of aromatic nitrogens is 1. The number of pyridine rings is 1. The van der Waals surface area contributed by atoms with Crippen molar-refractivity contribution >= 4 is 11.0 Å². The predicted molar refractivity (Wildman–Crippen MR) is 47.0 cm³/mol. The summed E-state index contributed by atoms with van der Waals surface area (Å²) in [4.78, 5) is 14.6. The summed E-state index contributed by atoms with van der Waals surface area (Å²) in [5.41, 5.74) is 0.391. The number of fused-ring (bicyclic) bond motifs is 1. The van der Waals surface area contributed by atoms with E-state index in [9.17, 15) is 4.79 Å². The maximum Gasteiger partial charge on any atom is 2.00 e. The Kier molecular flexibility index (Phi) is 4.14. The number of nitrogens with zero attached hydrogens (tertiary/aromatic N) is 1. The molecule has 0 aliphatic rings. The molecule has 0 saturated heterocycles. The summed E-state index contributed by atoms with van der Waals surface area (Å²) in [6, 6.07) is 3.38. The first kappa shape index (κ1) is 12.2. The third-order valence-corrected chi connectivity index (χ3v) is 1.53. The largest absolute Gasteiger partial charge is 2.00 e. The van der Waals surface area contributed by atoms with Gasteiger partial charge in [0.2, 0.25) is 0 Å². The van der Waals surface area contributed by atoms with E-state index in [4.69, 9.17) is 4.42 Å². The second kappa shape index (κ2) is 4.42. The van der Waals surface area contributed by atoms with E-state index in [0.717, 1.165) is 5.76 Å². The molecule has 0 aliphatic heterocycles. The monoisotopic (exact) mass is 347 g/mol. The van der Waals surface area contributed by atoms with Gasteiger partial charge in [-0.15, -0.1) is 0 Å². The van der Waals surface area contributed by atoms with Crippen LogP contribution in [0.25, 0.3) is 11.0 Å². The molecule has 0 fully saturated rings. The topological polar surface area (TPSA) is 44.3 Å². The zero-order chi connectivity index (χ0) is 7.84. The van der Waals surface area contributed by atoms with Gasteiger partial charge in [-0.05, 0) is 19.1 Å². The van der Waals surface area contributed by atoms with Crippen molar-refractivity contribution in [2.45, 2.75) is 6.92 Å². The van der Waals surface area contributed by atoms with Gasteiger partial charge in [-0.25, -0.2) is 0 Å². The summed E-state index contributed by atoms with van der Waals surface area (Å²) < 4.78 is 5.21. The van der Waals surface area contributed by atoms with Crippen LogP contribution in [0.5, 0.6) is 0 Å². The van der Waals surface area contributed by atoms with E-state index in [1.807, 2.05) is 0 Å². The minimum Gasteiger partial charge on any atom is -0.629 e. The Labute approximate surface area is 90.4 Å². The standard InChI is InChI=1S/C8H7NO2.CH3.W/c1-5-4-6-7(11-5)2-3-9-8(6)10;;/h2-4H,1H3,(H,9,10);1H3;/q;-1;+2/p-1. The van der Waals surface area contributed by atoms with E-state index in [1.165, 1.54) is 6.20 Å². The van der Waals surface area contributed by atoms with Gasteiger partial charge in [0.25, 0.3) is 0 Å². The van der Waals surface area contributed by atoms with Crippen molar-refractivity contribution in [3.63, 3.8) is 0 Å². The van der Waals surface area contributed by atoms with Gasteiger partial charge in [0.05, 0.1) is 5.56 Å². The molecule has 2 heterocycles. The van der Waals surface area contributed by atoms with Crippen LogP contribution in [0.1, 0.15) is 5.76 Å². The van der Waals surface area contributed by atoms with Crippen LogP contribution in [0.4, 0.5) is 0 Å². The first-order valence-electron chi connectivity index (χ1n) is 3.29. The molecule has 13 heavy (non-hydrogen) atoms. The molecule has 2 aromatic rings. The van der Waals surface area contributed by atoms with Crippen LogP contribution >= 0.6 is 0 Å². The quantitative estimate of drug-likeness (QED) is 0.679. The molecular formula is C9H9NO2W. The number of rotatable bonds is 0. The Balaban J connectivity index is 0.000000720. The molecule has 0 amide bonds. The minimum absolute atomic E-state index is 0. The number of furan rings is 1. The fourth-order valence-electron chi connectivity index (χ4n) is 1.07. The van der Waals surface area contributed by atoms with Crippen LogP contribution in [-0.4, -0.2) is 0 Å². The number of hydrogen-bond donors (Lipinski definition) is 0. The second-order valence-corrected chi connectivity index (χ2v) is 2.38. The Bertz CT molecular complexity index is 444. The molecule has 2 rings (SSSR count). The van der Waals surface area contributed by atoms with E-state index in [2.05, 4.69) is 4.98 Å². The zero-order valence-electron chi connectivity index (χ0n) is 7.40. The van der Waals surface area contributed by atoms with Crippen molar-refractivity contribution in [1.82, 2.24) is 4.98 Å². The van der Waals surface area contributed by atoms with Crippen molar-refractivity contribution < 1.29 is 25.5 Å². The van der Waals surface area contributed by atoms with Crippen LogP contribution in [-0.2, 0) is 21.1 Å². The molecule has 0 aromatic carbocycles. The van der Waals surface area contributed by atoms with E-state index in [0.29, 0.717) is 11.0 Å². The average Bonchev–Trinajstić information content (AvgIpc) is 2.31. The van der Waals surface area contributed by atoms with Crippen molar-refractivity contribution in [3.8, 4) is 0 Å². The van der Waals surface area contributed by atoms with Gasteiger partial charge in [0.15, 0.2) is 0 Å². The summed E-state index contributed by atoms with van der Waals surface area (Å²) in [5, 5.41) is 0.560. The van der Waals surface area contributed by atoms with Crippen LogP contribution < -0.4 is 10.5 Å². The maximum atomic E-state index is 11.0. The maximum absolute atomic E-state index is 11.0. The summed E-state index contributed by atoms with van der Waals surface area (Å²) >= 11 is 0. The van der Waals surface area contributed by atoms with Crippen molar-refractivity contribution in [2.24, 2.45) is 0 Å².